The summed E-state index contributed by atoms with van der Waals surface area (Å²) in [6, 6.07) is 5.83. The first kappa shape index (κ1) is 22.7. The molecule has 0 aliphatic heterocycles. The summed E-state index contributed by atoms with van der Waals surface area (Å²) in [6.45, 7) is 1.04. The van der Waals surface area contributed by atoms with Crippen LogP contribution in [-0.4, -0.2) is 27.8 Å². The molecule has 32 heavy (non-hydrogen) atoms. The molecule has 1 N–H and O–H groups in total. The average molecular weight is 480 g/mol. The summed E-state index contributed by atoms with van der Waals surface area (Å²) in [7, 11) is 0. The average Bonchev–Trinajstić information content (AvgIpc) is 3.36. The molecule has 2 aromatic heterocycles. The highest BCUT2D eigenvalue weighted by Gasteiger charge is 2.25. The lowest BCUT2D eigenvalue weighted by Crippen LogP contribution is -2.27. The number of anilines is 1. The molecule has 1 fully saturated rings. The van der Waals surface area contributed by atoms with Crippen LogP contribution < -0.4 is 15.6 Å². The fourth-order valence-electron chi connectivity index (χ4n) is 3.92. The van der Waals surface area contributed by atoms with E-state index in [1.54, 1.807) is 4.57 Å². The largest absolute Gasteiger partial charge is 0.435 e. The van der Waals surface area contributed by atoms with Crippen LogP contribution in [0.2, 0.25) is 0 Å². The van der Waals surface area contributed by atoms with E-state index in [-0.39, 0.29) is 29.0 Å². The number of rotatable bonds is 7. The van der Waals surface area contributed by atoms with E-state index in [0.717, 1.165) is 36.1 Å². The molecule has 6 nitrogen and oxygen atoms in total. The van der Waals surface area contributed by atoms with Gasteiger partial charge in [0.15, 0.2) is 5.16 Å². The fraction of sp³-hybridized carbons (Fsp3) is 0.409. The first-order chi connectivity index (χ1) is 15.3. The number of aromatic nitrogens is 2. The van der Waals surface area contributed by atoms with Crippen LogP contribution in [-0.2, 0) is 4.79 Å². The van der Waals surface area contributed by atoms with Crippen molar-refractivity contribution in [1.82, 2.24) is 9.55 Å². The topological polar surface area (TPSA) is 73.2 Å². The number of fused-ring (bicyclic) bond motifs is 1. The van der Waals surface area contributed by atoms with Crippen molar-refractivity contribution in [3.8, 4) is 5.75 Å². The van der Waals surface area contributed by atoms with Gasteiger partial charge in [-0.05, 0) is 56.5 Å². The Bertz CT molecular complexity index is 1190. The van der Waals surface area contributed by atoms with E-state index in [2.05, 4.69) is 10.1 Å². The molecule has 0 spiro atoms. The Hall–Kier alpha value is -2.46. The predicted molar refractivity (Wildman–Crippen MR) is 123 cm³/mol. The molecule has 1 aliphatic rings. The lowest BCUT2D eigenvalue weighted by Gasteiger charge is -2.18. The van der Waals surface area contributed by atoms with Gasteiger partial charge in [-0.2, -0.15) is 8.78 Å². The van der Waals surface area contributed by atoms with Crippen molar-refractivity contribution in [2.24, 2.45) is 0 Å². The zero-order valence-corrected chi connectivity index (χ0v) is 19.3. The molecule has 0 unspecified atom stereocenters. The summed E-state index contributed by atoms with van der Waals surface area (Å²) < 4.78 is 30.6. The number of aryl methyl sites for hydroxylation is 2. The number of thioether (sulfide) groups is 1. The van der Waals surface area contributed by atoms with Gasteiger partial charge in [0.05, 0.1) is 11.1 Å². The van der Waals surface area contributed by atoms with E-state index in [4.69, 9.17) is 4.98 Å². The van der Waals surface area contributed by atoms with Crippen molar-refractivity contribution in [2.75, 3.05) is 11.1 Å². The van der Waals surface area contributed by atoms with Crippen LogP contribution in [0.25, 0.3) is 10.2 Å². The molecule has 10 heteroatoms. The second-order valence-corrected chi connectivity index (χ2v) is 9.86. The van der Waals surface area contributed by atoms with E-state index in [1.807, 2.05) is 13.8 Å². The molecule has 0 saturated heterocycles. The number of carbonyl (C=O) groups is 1. The van der Waals surface area contributed by atoms with Crippen LogP contribution in [0.5, 0.6) is 5.75 Å². The van der Waals surface area contributed by atoms with Gasteiger partial charge >= 0.3 is 6.61 Å². The maximum Gasteiger partial charge on any atom is 0.387 e. The van der Waals surface area contributed by atoms with Gasteiger partial charge in [-0.25, -0.2) is 4.98 Å². The van der Waals surface area contributed by atoms with Crippen molar-refractivity contribution in [2.45, 2.75) is 57.3 Å². The molecule has 3 aromatic rings. The third-order valence-corrected chi connectivity index (χ3v) is 7.64. The standard InChI is InChI=1S/C22H23F2N3O3S2/c1-12-13(2)32-19-18(12)20(29)27(15-5-3-4-6-15)22(26-19)31-11-17(28)25-14-7-9-16(10-8-14)30-21(23)24/h7-10,15,21H,3-6,11H2,1-2H3,(H,25,28). The number of amides is 1. The highest BCUT2D eigenvalue weighted by atomic mass is 32.2. The summed E-state index contributed by atoms with van der Waals surface area (Å²) in [5.74, 6) is -0.182. The minimum Gasteiger partial charge on any atom is -0.435 e. The minimum atomic E-state index is -2.90. The zero-order valence-electron chi connectivity index (χ0n) is 17.7. The van der Waals surface area contributed by atoms with E-state index < -0.39 is 6.61 Å². The number of benzene rings is 1. The number of nitrogens with zero attached hydrogens (tertiary/aromatic N) is 2. The number of alkyl halides is 2. The smallest absolute Gasteiger partial charge is 0.387 e. The molecular formula is C22H23F2N3O3S2. The highest BCUT2D eigenvalue weighted by molar-refractivity contribution is 7.99. The number of nitrogens with one attached hydrogen (secondary N) is 1. The van der Waals surface area contributed by atoms with Gasteiger partial charge in [0, 0.05) is 16.6 Å². The van der Waals surface area contributed by atoms with Gasteiger partial charge in [0.2, 0.25) is 5.91 Å². The minimum absolute atomic E-state index is 0.0204. The zero-order chi connectivity index (χ0) is 22.8. The van der Waals surface area contributed by atoms with Crippen LogP contribution in [0.1, 0.15) is 42.2 Å². The first-order valence-corrected chi connectivity index (χ1v) is 12.1. The highest BCUT2D eigenvalue weighted by Crippen LogP contribution is 2.34. The van der Waals surface area contributed by atoms with Crippen LogP contribution in [0.4, 0.5) is 14.5 Å². The summed E-state index contributed by atoms with van der Waals surface area (Å²) in [5.41, 5.74) is 1.42. The summed E-state index contributed by atoms with van der Waals surface area (Å²) in [5, 5.41) is 3.97. The van der Waals surface area contributed by atoms with Gasteiger partial charge in [0.1, 0.15) is 10.6 Å². The molecule has 0 bridgehead atoms. The third kappa shape index (κ3) is 4.80. The normalized spacial score (nSPS) is 14.4. The molecule has 1 amide bonds. The lowest BCUT2D eigenvalue weighted by molar-refractivity contribution is -0.113. The molecule has 0 atom stereocenters. The van der Waals surface area contributed by atoms with Crippen LogP contribution >= 0.6 is 23.1 Å². The van der Waals surface area contributed by atoms with Gasteiger partial charge in [0.25, 0.3) is 5.56 Å². The number of halogens is 2. The lowest BCUT2D eigenvalue weighted by atomic mass is 10.2. The van der Waals surface area contributed by atoms with Crippen LogP contribution in [0.15, 0.2) is 34.2 Å². The monoisotopic (exact) mass is 479 g/mol. The maximum atomic E-state index is 13.4. The van der Waals surface area contributed by atoms with Crippen LogP contribution in [0.3, 0.4) is 0 Å². The summed E-state index contributed by atoms with van der Waals surface area (Å²) in [4.78, 5) is 32.4. The van der Waals surface area contributed by atoms with Crippen molar-refractivity contribution in [1.29, 1.82) is 0 Å². The Morgan fingerprint density at radius 1 is 1.28 bits per heavy atom. The number of hydrogen-bond acceptors (Lipinski definition) is 6. The van der Waals surface area contributed by atoms with Crippen molar-refractivity contribution < 1.29 is 18.3 Å². The Morgan fingerprint density at radius 2 is 1.97 bits per heavy atom. The molecule has 2 heterocycles. The summed E-state index contributed by atoms with van der Waals surface area (Å²) >= 11 is 2.74. The maximum absolute atomic E-state index is 13.4. The molecule has 1 aromatic carbocycles. The molecule has 0 radical (unpaired) electrons. The van der Waals surface area contributed by atoms with Crippen molar-refractivity contribution in [3.05, 3.63) is 45.1 Å². The van der Waals surface area contributed by atoms with E-state index in [0.29, 0.717) is 21.1 Å². The molecule has 4 rings (SSSR count). The van der Waals surface area contributed by atoms with Crippen molar-refractivity contribution >= 4 is 44.9 Å². The summed E-state index contributed by atoms with van der Waals surface area (Å²) in [6.07, 6.45) is 4.02. The molecule has 170 valence electrons. The fourth-order valence-corrected chi connectivity index (χ4v) is 5.86. The molecule has 1 saturated carbocycles. The molecule has 1 aliphatic carbocycles. The van der Waals surface area contributed by atoms with Crippen molar-refractivity contribution in [3.63, 3.8) is 0 Å². The Balaban J connectivity index is 1.52. The Kier molecular flexibility index (Phi) is 6.80. The SMILES string of the molecule is Cc1sc2nc(SCC(=O)Nc3ccc(OC(F)F)cc3)n(C3CCCC3)c(=O)c2c1C. The first-order valence-electron chi connectivity index (χ1n) is 10.3. The van der Waals surface area contributed by atoms with Crippen LogP contribution in [0, 0.1) is 13.8 Å². The Labute approximate surface area is 192 Å². The van der Waals surface area contributed by atoms with E-state index in [1.165, 1.54) is 47.4 Å². The van der Waals surface area contributed by atoms with Gasteiger partial charge < -0.3 is 10.1 Å². The predicted octanol–water partition coefficient (Wildman–Crippen LogP) is 5.52. The number of ether oxygens (including phenoxy) is 1. The quantitative estimate of drug-likeness (QED) is 0.357. The Morgan fingerprint density at radius 3 is 2.62 bits per heavy atom. The third-order valence-electron chi connectivity index (χ3n) is 5.59. The van der Waals surface area contributed by atoms with E-state index in [9.17, 15) is 18.4 Å². The second kappa shape index (κ2) is 9.58. The number of carbonyl (C=O) groups excluding carboxylic acids is 1. The second-order valence-electron chi connectivity index (χ2n) is 7.71. The number of thiophene rings is 1. The molecular weight excluding hydrogens is 456 g/mol. The number of hydrogen-bond donors (Lipinski definition) is 1. The van der Waals surface area contributed by atoms with E-state index >= 15 is 0 Å². The van der Waals surface area contributed by atoms with Gasteiger partial charge in [-0.3, -0.25) is 14.2 Å². The van der Waals surface area contributed by atoms with Gasteiger partial charge in [-0.1, -0.05) is 24.6 Å². The van der Waals surface area contributed by atoms with Gasteiger partial charge in [-0.15, -0.1) is 11.3 Å².